The van der Waals surface area contributed by atoms with Gasteiger partial charge in [0, 0.05) is 35.4 Å². The molecular weight excluding hydrogens is 526 g/mol. The third kappa shape index (κ3) is 4.61. The molecule has 11 nitrogen and oxygen atoms in total. The van der Waals surface area contributed by atoms with E-state index in [1.165, 1.54) is 7.11 Å². The number of benzene rings is 4. The SMILES string of the molecule is COc1ccc(CNC(=O)c2cc([N+](=O)[O-])c3c4c(c([N+](=O)[O-])cc3c2C(=O)O)Sc2ccccc2C4)cc1. The van der Waals surface area contributed by atoms with Crippen LogP contribution in [0.15, 0.2) is 70.5 Å². The maximum atomic E-state index is 13.2. The zero-order chi connectivity index (χ0) is 27.8. The Balaban J connectivity index is 1.70. The van der Waals surface area contributed by atoms with Crippen molar-refractivity contribution in [3.8, 4) is 5.75 Å². The van der Waals surface area contributed by atoms with Crippen LogP contribution in [0.5, 0.6) is 5.75 Å². The van der Waals surface area contributed by atoms with Crippen molar-refractivity contribution >= 4 is 45.8 Å². The molecule has 5 rings (SSSR count). The van der Waals surface area contributed by atoms with Gasteiger partial charge >= 0.3 is 5.97 Å². The molecule has 0 bridgehead atoms. The van der Waals surface area contributed by atoms with Gasteiger partial charge in [-0.3, -0.25) is 25.0 Å². The quantitative estimate of drug-likeness (QED) is 0.203. The van der Waals surface area contributed by atoms with Crippen molar-refractivity contribution in [2.45, 2.75) is 22.8 Å². The zero-order valence-corrected chi connectivity index (χ0v) is 21.1. The van der Waals surface area contributed by atoms with E-state index in [4.69, 9.17) is 4.74 Å². The van der Waals surface area contributed by atoms with E-state index in [1.807, 2.05) is 0 Å². The Morgan fingerprint density at radius 3 is 2.36 bits per heavy atom. The van der Waals surface area contributed by atoms with Gasteiger partial charge in [0.25, 0.3) is 17.3 Å². The number of amides is 1. The Bertz CT molecular complexity index is 1700. The van der Waals surface area contributed by atoms with Gasteiger partial charge in [-0.15, -0.1) is 0 Å². The number of methoxy groups -OCH3 is 1. The van der Waals surface area contributed by atoms with Crippen molar-refractivity contribution < 1.29 is 29.3 Å². The molecule has 4 aromatic rings. The van der Waals surface area contributed by atoms with Crippen LogP contribution in [0, 0.1) is 20.2 Å². The molecule has 39 heavy (non-hydrogen) atoms. The Morgan fingerprint density at radius 2 is 1.72 bits per heavy atom. The normalized spacial score (nSPS) is 11.8. The number of carboxylic acid groups (broad SMARTS) is 1. The van der Waals surface area contributed by atoms with Gasteiger partial charge in [0.1, 0.15) is 5.75 Å². The van der Waals surface area contributed by atoms with Crippen LogP contribution in [0.1, 0.15) is 37.4 Å². The van der Waals surface area contributed by atoms with Crippen LogP contribution >= 0.6 is 11.8 Å². The molecule has 2 N–H and O–H groups in total. The van der Waals surface area contributed by atoms with Crippen molar-refractivity contribution in [1.29, 1.82) is 0 Å². The predicted octanol–water partition coefficient (Wildman–Crippen LogP) is 5.35. The monoisotopic (exact) mass is 545 g/mol. The molecule has 12 heteroatoms. The minimum atomic E-state index is -1.54. The smallest absolute Gasteiger partial charge is 0.337 e. The van der Waals surface area contributed by atoms with Gasteiger partial charge in [0.2, 0.25) is 0 Å². The number of nitrogens with one attached hydrogen (secondary N) is 1. The number of nitrogens with zero attached hydrogens (tertiary/aromatic N) is 2. The summed E-state index contributed by atoms with van der Waals surface area (Å²) in [5.74, 6) is -1.80. The molecule has 0 aliphatic carbocycles. The van der Waals surface area contributed by atoms with Gasteiger partial charge in [-0.05, 0) is 34.9 Å². The highest BCUT2D eigenvalue weighted by Gasteiger charge is 2.34. The summed E-state index contributed by atoms with van der Waals surface area (Å²) in [6, 6.07) is 15.9. The number of carbonyl (C=O) groups is 2. The lowest BCUT2D eigenvalue weighted by atomic mass is 9.90. The Morgan fingerprint density at radius 1 is 1.03 bits per heavy atom. The lowest BCUT2D eigenvalue weighted by Crippen LogP contribution is -2.25. The van der Waals surface area contributed by atoms with Crippen LogP contribution in [-0.4, -0.2) is 33.9 Å². The van der Waals surface area contributed by atoms with Gasteiger partial charge < -0.3 is 15.2 Å². The second-order valence-electron chi connectivity index (χ2n) is 8.68. The summed E-state index contributed by atoms with van der Waals surface area (Å²) in [5.41, 5.74) is -0.144. The summed E-state index contributed by atoms with van der Waals surface area (Å²) in [4.78, 5) is 49.6. The largest absolute Gasteiger partial charge is 0.497 e. The summed E-state index contributed by atoms with van der Waals surface area (Å²) in [6.45, 7) is 0.00544. The highest BCUT2D eigenvalue weighted by molar-refractivity contribution is 7.99. The molecule has 0 radical (unpaired) electrons. The number of aromatic carboxylic acids is 1. The molecule has 1 heterocycles. The summed E-state index contributed by atoms with van der Waals surface area (Å²) < 4.78 is 5.10. The number of non-ortho nitro benzene ring substituents is 1. The molecule has 4 aromatic carbocycles. The number of ether oxygens (including phenoxy) is 1. The maximum absolute atomic E-state index is 13.2. The Hall–Kier alpha value is -4.97. The van der Waals surface area contributed by atoms with Crippen molar-refractivity contribution in [3.05, 3.63) is 109 Å². The number of carbonyl (C=O) groups excluding carboxylic acids is 1. The van der Waals surface area contributed by atoms with Crippen molar-refractivity contribution in [3.63, 3.8) is 0 Å². The molecule has 0 fully saturated rings. The molecule has 0 spiro atoms. The molecule has 0 unspecified atom stereocenters. The van der Waals surface area contributed by atoms with E-state index in [0.717, 1.165) is 34.4 Å². The third-order valence-electron chi connectivity index (χ3n) is 6.45. The van der Waals surface area contributed by atoms with Crippen LogP contribution in [0.4, 0.5) is 11.4 Å². The first kappa shape index (κ1) is 25.7. The molecular formula is C27H19N3O8S. The first-order valence-corrected chi connectivity index (χ1v) is 12.4. The number of hydrogen-bond donors (Lipinski definition) is 2. The number of hydrogen-bond acceptors (Lipinski definition) is 8. The Labute approximate surface area is 224 Å². The molecule has 0 saturated heterocycles. The maximum Gasteiger partial charge on any atom is 0.337 e. The fourth-order valence-electron chi connectivity index (χ4n) is 4.66. The second-order valence-corrected chi connectivity index (χ2v) is 9.73. The fourth-order valence-corrected chi connectivity index (χ4v) is 5.84. The van der Waals surface area contributed by atoms with Crippen LogP contribution in [0.25, 0.3) is 10.8 Å². The topological polar surface area (TPSA) is 162 Å². The standard InChI is InChI=1S/C27H19N3O8S/c1-38-16-8-6-14(7-9-16)13-28-26(31)19-12-20(29(34)35)23-17(24(19)27(32)33)11-21(30(36)37)25-18(23)10-15-4-2-3-5-22(15)39-25/h2-9,11-12H,10,13H2,1H3,(H,28,31)(H,32,33). The van der Waals surface area contributed by atoms with Gasteiger partial charge in [0.15, 0.2) is 0 Å². The van der Waals surface area contributed by atoms with Crippen molar-refractivity contribution in [1.82, 2.24) is 5.32 Å². The van der Waals surface area contributed by atoms with Crippen molar-refractivity contribution in [2.24, 2.45) is 0 Å². The molecule has 196 valence electrons. The van der Waals surface area contributed by atoms with E-state index in [0.29, 0.717) is 11.3 Å². The lowest BCUT2D eigenvalue weighted by Gasteiger charge is -2.21. The average molecular weight is 546 g/mol. The van der Waals surface area contributed by atoms with Crippen LogP contribution < -0.4 is 10.1 Å². The first-order valence-electron chi connectivity index (χ1n) is 11.5. The summed E-state index contributed by atoms with van der Waals surface area (Å²) in [5, 5.41) is 36.8. The van der Waals surface area contributed by atoms with E-state index in [9.17, 15) is 34.9 Å². The van der Waals surface area contributed by atoms with Gasteiger partial charge in [0.05, 0.1) is 38.4 Å². The summed E-state index contributed by atoms with van der Waals surface area (Å²) in [6.07, 6.45) is 0.125. The third-order valence-corrected chi connectivity index (χ3v) is 7.73. The van der Waals surface area contributed by atoms with Gasteiger partial charge in [-0.1, -0.05) is 42.1 Å². The molecule has 0 atom stereocenters. The minimum absolute atomic E-state index is 0.00544. The fraction of sp³-hybridized carbons (Fsp3) is 0.111. The van der Waals surface area contributed by atoms with E-state index in [2.05, 4.69) is 5.32 Å². The second kappa shape index (κ2) is 10.1. The molecule has 1 amide bonds. The van der Waals surface area contributed by atoms with E-state index < -0.39 is 38.5 Å². The molecule has 1 aliphatic heterocycles. The highest BCUT2D eigenvalue weighted by Crippen LogP contribution is 2.49. The van der Waals surface area contributed by atoms with E-state index in [1.54, 1.807) is 48.5 Å². The van der Waals surface area contributed by atoms with Crippen molar-refractivity contribution in [2.75, 3.05) is 7.11 Å². The lowest BCUT2D eigenvalue weighted by molar-refractivity contribution is -0.387. The first-order chi connectivity index (χ1) is 18.7. The van der Waals surface area contributed by atoms with Gasteiger partial charge in [-0.2, -0.15) is 0 Å². The Kier molecular flexibility index (Phi) is 6.62. The summed E-state index contributed by atoms with van der Waals surface area (Å²) in [7, 11) is 1.51. The minimum Gasteiger partial charge on any atom is -0.497 e. The number of rotatable bonds is 7. The van der Waals surface area contributed by atoms with E-state index in [-0.39, 0.29) is 39.9 Å². The number of fused-ring (bicyclic) bond motifs is 4. The zero-order valence-electron chi connectivity index (χ0n) is 20.3. The van der Waals surface area contributed by atoms with Crippen LogP contribution in [0.2, 0.25) is 0 Å². The van der Waals surface area contributed by atoms with E-state index >= 15 is 0 Å². The number of nitro benzene ring substituents is 2. The summed E-state index contributed by atoms with van der Waals surface area (Å²) >= 11 is 1.11. The van der Waals surface area contributed by atoms with Crippen LogP contribution in [0.3, 0.4) is 0 Å². The van der Waals surface area contributed by atoms with Crippen LogP contribution in [-0.2, 0) is 13.0 Å². The molecule has 1 aliphatic rings. The predicted molar refractivity (Wildman–Crippen MR) is 142 cm³/mol. The molecule has 0 aromatic heterocycles. The average Bonchev–Trinajstić information content (AvgIpc) is 2.93. The number of carboxylic acids is 1. The number of nitro groups is 2. The van der Waals surface area contributed by atoms with Gasteiger partial charge in [-0.25, -0.2) is 4.79 Å². The highest BCUT2D eigenvalue weighted by atomic mass is 32.2. The molecule has 0 saturated carbocycles.